The van der Waals surface area contributed by atoms with Gasteiger partial charge in [0.2, 0.25) is 6.29 Å². The summed E-state index contributed by atoms with van der Waals surface area (Å²) in [7, 11) is -1.53. The first-order valence-electron chi connectivity index (χ1n) is 7.00. The lowest BCUT2D eigenvalue weighted by Crippen LogP contribution is -2.28. The van der Waals surface area contributed by atoms with Gasteiger partial charge in [0, 0.05) is 0 Å². The van der Waals surface area contributed by atoms with E-state index in [1.54, 1.807) is 6.92 Å². The van der Waals surface area contributed by atoms with E-state index in [0.717, 1.165) is 5.56 Å². The lowest BCUT2D eigenvalue weighted by atomic mass is 10.1. The van der Waals surface area contributed by atoms with Gasteiger partial charge < -0.3 is 13.9 Å². The van der Waals surface area contributed by atoms with E-state index in [2.05, 4.69) is 26.2 Å². The SMILES string of the molecule is C=C(C(=O)OC(C)OCCO[Si](C)(C)C)c1ccccc1. The van der Waals surface area contributed by atoms with Crippen molar-refractivity contribution in [3.8, 4) is 0 Å². The van der Waals surface area contributed by atoms with Crippen molar-refractivity contribution in [2.45, 2.75) is 32.9 Å². The number of carbonyl (C=O) groups excluding carboxylic acids is 1. The number of hydrogen-bond acceptors (Lipinski definition) is 4. The first-order chi connectivity index (χ1) is 9.79. The Balaban J connectivity index is 2.32. The van der Waals surface area contributed by atoms with Gasteiger partial charge in [0.25, 0.3) is 0 Å². The number of ether oxygens (including phenoxy) is 2. The predicted octanol–water partition coefficient (Wildman–Crippen LogP) is 3.46. The summed E-state index contributed by atoms with van der Waals surface area (Å²) in [5.41, 5.74) is 1.07. The Bertz CT molecular complexity index is 465. The van der Waals surface area contributed by atoms with Crippen LogP contribution >= 0.6 is 0 Å². The van der Waals surface area contributed by atoms with Crippen LogP contribution in [0.15, 0.2) is 36.9 Å². The maximum Gasteiger partial charge on any atom is 0.340 e. The van der Waals surface area contributed by atoms with Crippen molar-refractivity contribution in [3.63, 3.8) is 0 Å². The Morgan fingerprint density at radius 2 is 1.81 bits per heavy atom. The Morgan fingerprint density at radius 3 is 2.38 bits per heavy atom. The second-order valence-electron chi connectivity index (χ2n) is 5.65. The summed E-state index contributed by atoms with van der Waals surface area (Å²) < 4.78 is 16.3. The lowest BCUT2D eigenvalue weighted by molar-refractivity contribution is -0.168. The smallest absolute Gasteiger partial charge is 0.340 e. The van der Waals surface area contributed by atoms with E-state index in [1.165, 1.54) is 0 Å². The van der Waals surface area contributed by atoms with Gasteiger partial charge in [-0.15, -0.1) is 0 Å². The Morgan fingerprint density at radius 1 is 1.19 bits per heavy atom. The van der Waals surface area contributed by atoms with E-state index < -0.39 is 20.6 Å². The predicted molar refractivity (Wildman–Crippen MR) is 86.3 cm³/mol. The van der Waals surface area contributed by atoms with Gasteiger partial charge in [0.05, 0.1) is 18.8 Å². The summed E-state index contributed by atoms with van der Waals surface area (Å²) in [6.45, 7) is 12.7. The zero-order valence-electron chi connectivity index (χ0n) is 13.2. The molecule has 1 unspecified atom stereocenters. The zero-order chi connectivity index (χ0) is 15.9. The fraction of sp³-hybridized carbons (Fsp3) is 0.438. The van der Waals surface area contributed by atoms with E-state index in [9.17, 15) is 4.79 Å². The summed E-state index contributed by atoms with van der Waals surface area (Å²) in [6.07, 6.45) is -0.622. The van der Waals surface area contributed by atoms with E-state index >= 15 is 0 Å². The summed E-state index contributed by atoms with van der Waals surface area (Å²) in [6, 6.07) is 9.21. The van der Waals surface area contributed by atoms with E-state index in [1.807, 2.05) is 30.3 Å². The average molecular weight is 308 g/mol. The Hall–Kier alpha value is -1.43. The molecule has 1 rings (SSSR count). The first kappa shape index (κ1) is 17.6. The van der Waals surface area contributed by atoms with Crippen LogP contribution in [0.4, 0.5) is 0 Å². The number of hydrogen-bond donors (Lipinski definition) is 0. The molecule has 5 heteroatoms. The number of carbonyl (C=O) groups is 1. The monoisotopic (exact) mass is 308 g/mol. The van der Waals surface area contributed by atoms with Gasteiger partial charge in [0.15, 0.2) is 8.32 Å². The molecule has 0 aromatic heterocycles. The van der Waals surface area contributed by atoms with Crippen molar-refractivity contribution in [1.29, 1.82) is 0 Å². The number of esters is 1. The minimum Gasteiger partial charge on any atom is -0.432 e. The van der Waals surface area contributed by atoms with Crippen LogP contribution in [0.1, 0.15) is 12.5 Å². The second-order valence-corrected chi connectivity index (χ2v) is 10.2. The van der Waals surface area contributed by atoms with Gasteiger partial charge in [-0.3, -0.25) is 0 Å². The maximum atomic E-state index is 11.9. The molecule has 1 aromatic rings. The quantitative estimate of drug-likeness (QED) is 0.242. The Labute approximate surface area is 127 Å². The minimum absolute atomic E-state index is 0.324. The fourth-order valence-corrected chi connectivity index (χ4v) is 2.27. The highest BCUT2D eigenvalue weighted by Gasteiger charge is 2.16. The van der Waals surface area contributed by atoms with Crippen molar-refractivity contribution >= 4 is 19.9 Å². The molecule has 0 amide bonds. The molecule has 21 heavy (non-hydrogen) atoms. The number of benzene rings is 1. The van der Waals surface area contributed by atoms with Gasteiger partial charge in [-0.2, -0.15) is 0 Å². The van der Waals surface area contributed by atoms with Gasteiger partial charge in [0.1, 0.15) is 0 Å². The molecule has 4 nitrogen and oxygen atoms in total. The molecule has 0 aliphatic carbocycles. The van der Waals surface area contributed by atoms with Crippen LogP contribution in [0.2, 0.25) is 19.6 Å². The molecule has 1 aromatic carbocycles. The first-order valence-corrected chi connectivity index (χ1v) is 10.4. The normalized spacial score (nSPS) is 12.8. The van der Waals surface area contributed by atoms with Gasteiger partial charge >= 0.3 is 5.97 Å². The molecule has 0 heterocycles. The second kappa shape index (κ2) is 8.12. The van der Waals surface area contributed by atoms with Crippen LogP contribution < -0.4 is 0 Å². The molecule has 116 valence electrons. The highest BCUT2D eigenvalue weighted by molar-refractivity contribution is 6.69. The van der Waals surface area contributed by atoms with Gasteiger partial charge in [-0.05, 0) is 32.1 Å². The largest absolute Gasteiger partial charge is 0.432 e. The van der Waals surface area contributed by atoms with Crippen LogP contribution in [0.25, 0.3) is 5.57 Å². The highest BCUT2D eigenvalue weighted by Crippen LogP contribution is 2.14. The lowest BCUT2D eigenvalue weighted by Gasteiger charge is -2.19. The van der Waals surface area contributed by atoms with Gasteiger partial charge in [-0.25, -0.2) is 4.79 Å². The Kier molecular flexibility index (Phi) is 6.81. The molecule has 0 fully saturated rings. The molecule has 0 aliphatic rings. The molecule has 0 aliphatic heterocycles. The molecular formula is C16H24O4Si. The summed E-state index contributed by atoms with van der Waals surface area (Å²) in [5.74, 6) is -0.472. The fourth-order valence-electron chi connectivity index (χ4n) is 1.58. The van der Waals surface area contributed by atoms with E-state index in [4.69, 9.17) is 13.9 Å². The highest BCUT2D eigenvalue weighted by atomic mass is 28.4. The molecule has 1 atom stereocenters. The van der Waals surface area contributed by atoms with Gasteiger partial charge in [-0.1, -0.05) is 36.9 Å². The van der Waals surface area contributed by atoms with Crippen molar-refractivity contribution in [3.05, 3.63) is 42.5 Å². The molecular weight excluding hydrogens is 284 g/mol. The molecule has 0 N–H and O–H groups in total. The molecule has 0 bridgehead atoms. The van der Waals surface area contributed by atoms with Crippen molar-refractivity contribution in [2.24, 2.45) is 0 Å². The topological polar surface area (TPSA) is 44.8 Å². The third-order valence-electron chi connectivity index (χ3n) is 2.61. The molecule has 0 spiro atoms. The molecule has 0 saturated heterocycles. The van der Waals surface area contributed by atoms with E-state index in [-0.39, 0.29) is 0 Å². The van der Waals surface area contributed by atoms with Crippen molar-refractivity contribution < 1.29 is 18.7 Å². The third-order valence-corrected chi connectivity index (χ3v) is 3.68. The summed E-state index contributed by atoms with van der Waals surface area (Å²) in [5, 5.41) is 0. The van der Waals surface area contributed by atoms with Crippen molar-refractivity contribution in [1.82, 2.24) is 0 Å². The maximum absolute atomic E-state index is 11.9. The van der Waals surface area contributed by atoms with E-state index in [0.29, 0.717) is 18.8 Å². The summed E-state index contributed by atoms with van der Waals surface area (Å²) in [4.78, 5) is 11.9. The summed E-state index contributed by atoms with van der Waals surface area (Å²) >= 11 is 0. The molecule has 0 radical (unpaired) electrons. The van der Waals surface area contributed by atoms with Crippen LogP contribution in [0.3, 0.4) is 0 Å². The van der Waals surface area contributed by atoms with Crippen LogP contribution in [0, 0.1) is 0 Å². The molecule has 0 saturated carbocycles. The standard InChI is InChI=1S/C16H24O4Si/c1-13(15-9-7-6-8-10-15)16(17)20-14(2)18-11-12-19-21(3,4)5/h6-10,14H,1,11-12H2,2-5H3. The van der Waals surface area contributed by atoms with Crippen molar-refractivity contribution in [2.75, 3.05) is 13.2 Å². The minimum atomic E-state index is -1.53. The van der Waals surface area contributed by atoms with Crippen LogP contribution in [-0.4, -0.2) is 33.8 Å². The number of rotatable bonds is 8. The zero-order valence-corrected chi connectivity index (χ0v) is 14.2. The van der Waals surface area contributed by atoms with Crippen LogP contribution in [-0.2, 0) is 18.7 Å². The third kappa shape index (κ3) is 7.22. The average Bonchev–Trinajstić information content (AvgIpc) is 2.42. The van der Waals surface area contributed by atoms with Crippen LogP contribution in [0.5, 0.6) is 0 Å².